The molecule has 0 aliphatic rings. The Labute approximate surface area is 170 Å². The molecule has 0 aliphatic carbocycles. The van der Waals surface area contributed by atoms with Crippen LogP contribution in [-0.4, -0.2) is 11.1 Å². The largest absolute Gasteiger partial charge is 0.497 e. The predicted octanol–water partition coefficient (Wildman–Crippen LogP) is 5.31. The summed E-state index contributed by atoms with van der Waals surface area (Å²) in [6, 6.07) is 14.2. The summed E-state index contributed by atoms with van der Waals surface area (Å²) in [6.07, 6.45) is 2.11. The monoisotopic (exact) mass is 397 g/mol. The van der Waals surface area contributed by atoms with Crippen LogP contribution in [-0.2, 0) is 14.1 Å². The molecule has 0 saturated carbocycles. The number of pyridine rings is 1. The second-order valence-corrected chi connectivity index (χ2v) is 7.03. The summed E-state index contributed by atoms with van der Waals surface area (Å²) in [5.41, 5.74) is 2.23. The third-order valence-electron chi connectivity index (χ3n) is 4.34. The first kappa shape index (κ1) is 21.6. The molecule has 2 aromatic heterocycles. The van der Waals surface area contributed by atoms with Crippen molar-refractivity contribution in [1.29, 1.82) is 0 Å². The summed E-state index contributed by atoms with van der Waals surface area (Å²) in [4.78, 5) is 12.7. The minimum absolute atomic E-state index is 0.0325. The lowest BCUT2D eigenvalue weighted by atomic mass is 10.0. The van der Waals surface area contributed by atoms with E-state index in [0.717, 1.165) is 27.1 Å². The van der Waals surface area contributed by atoms with Gasteiger partial charge in [-0.15, -0.1) is 0 Å². The number of hydrogen-bond acceptors (Lipinski definition) is 3. The average Bonchev–Trinajstić information content (AvgIpc) is 3.09. The predicted molar refractivity (Wildman–Crippen MR) is 120 cm³/mol. The van der Waals surface area contributed by atoms with E-state index in [0.29, 0.717) is 0 Å². The van der Waals surface area contributed by atoms with Crippen LogP contribution in [0.5, 0.6) is 5.75 Å². The van der Waals surface area contributed by atoms with Crippen LogP contribution in [0, 0.1) is 0 Å². The highest BCUT2D eigenvalue weighted by atomic mass is 32.1. The van der Waals surface area contributed by atoms with Crippen molar-refractivity contribution in [1.82, 2.24) is 3.96 Å². The molecule has 0 amide bonds. The third kappa shape index (κ3) is 4.09. The lowest BCUT2D eigenvalue weighted by Gasteiger charge is -2.06. The normalized spacial score (nSPS) is 10.1. The number of aryl methyl sites for hydroxylation is 2. The average molecular weight is 398 g/mol. The fourth-order valence-corrected chi connectivity index (χ4v) is 3.88. The van der Waals surface area contributed by atoms with Gasteiger partial charge in [0.2, 0.25) is 5.52 Å². The standard InChI is InChI=1S/C19H17N2O2S.2C2H6/c1-20-11-13-8-14(23-3)5-7-15(13)16-6-4-12(9-17(16)20)18-10-19(22)21(2)24-18;2*1-2/h4-11H,1-3H3;2*1-2H3/q+1;;. The fourth-order valence-electron chi connectivity index (χ4n) is 3.06. The number of methoxy groups -OCH3 is 1. The molecule has 2 heterocycles. The van der Waals surface area contributed by atoms with Crippen molar-refractivity contribution in [3.63, 3.8) is 0 Å². The lowest BCUT2D eigenvalue weighted by Crippen LogP contribution is -2.28. The van der Waals surface area contributed by atoms with Crippen LogP contribution in [0.1, 0.15) is 27.7 Å². The number of ether oxygens (including phenoxy) is 1. The Kier molecular flexibility index (Phi) is 7.35. The summed E-state index contributed by atoms with van der Waals surface area (Å²) >= 11 is 1.47. The zero-order chi connectivity index (χ0) is 20.8. The van der Waals surface area contributed by atoms with Crippen molar-refractivity contribution in [3.05, 3.63) is 59.0 Å². The van der Waals surface area contributed by atoms with Crippen molar-refractivity contribution in [2.45, 2.75) is 27.7 Å². The molecule has 0 atom stereocenters. The minimum Gasteiger partial charge on any atom is -0.497 e. The van der Waals surface area contributed by atoms with E-state index in [-0.39, 0.29) is 5.56 Å². The Morgan fingerprint density at radius 1 is 0.964 bits per heavy atom. The topological polar surface area (TPSA) is 35.1 Å². The molecule has 4 aromatic rings. The minimum atomic E-state index is 0.0325. The Balaban J connectivity index is 0.000000660. The molecule has 0 bridgehead atoms. The first-order chi connectivity index (χ1) is 13.6. The second kappa shape index (κ2) is 9.51. The van der Waals surface area contributed by atoms with E-state index < -0.39 is 0 Å². The Morgan fingerprint density at radius 2 is 1.64 bits per heavy atom. The van der Waals surface area contributed by atoms with Crippen LogP contribution in [0.25, 0.3) is 32.1 Å². The molecule has 28 heavy (non-hydrogen) atoms. The first-order valence-electron chi connectivity index (χ1n) is 9.65. The molecule has 0 unspecified atom stereocenters. The highest BCUT2D eigenvalue weighted by Crippen LogP contribution is 2.30. The van der Waals surface area contributed by atoms with Gasteiger partial charge in [0.05, 0.1) is 22.8 Å². The summed E-state index contributed by atoms with van der Waals surface area (Å²) in [5.74, 6) is 0.854. The summed E-state index contributed by atoms with van der Waals surface area (Å²) < 4.78 is 9.09. The number of fused-ring (bicyclic) bond motifs is 3. The van der Waals surface area contributed by atoms with Crippen LogP contribution in [0.4, 0.5) is 0 Å². The van der Waals surface area contributed by atoms with E-state index in [2.05, 4.69) is 35.0 Å². The number of hydrogen-bond donors (Lipinski definition) is 0. The maximum atomic E-state index is 11.7. The van der Waals surface area contributed by atoms with Gasteiger partial charge in [0, 0.05) is 24.6 Å². The van der Waals surface area contributed by atoms with Gasteiger partial charge in [0.15, 0.2) is 6.20 Å². The SMILES string of the molecule is CC.CC.COc1ccc2c(c1)c[n+](C)c1cc(-c3cc(=O)n(C)s3)ccc21. The molecule has 0 aliphatic heterocycles. The smallest absolute Gasteiger partial charge is 0.260 e. The van der Waals surface area contributed by atoms with E-state index in [4.69, 9.17) is 4.74 Å². The maximum Gasteiger partial charge on any atom is 0.260 e. The molecule has 148 valence electrons. The van der Waals surface area contributed by atoms with Crippen LogP contribution >= 0.6 is 11.5 Å². The Bertz CT molecular complexity index is 1140. The maximum absolute atomic E-state index is 11.7. The molecule has 5 heteroatoms. The van der Waals surface area contributed by atoms with Crippen molar-refractivity contribution >= 4 is 33.2 Å². The molecule has 4 nitrogen and oxygen atoms in total. The zero-order valence-electron chi connectivity index (χ0n) is 17.7. The Morgan fingerprint density at radius 3 is 2.25 bits per heavy atom. The van der Waals surface area contributed by atoms with Gasteiger partial charge >= 0.3 is 0 Å². The van der Waals surface area contributed by atoms with Gasteiger partial charge in [0.25, 0.3) is 5.56 Å². The zero-order valence-corrected chi connectivity index (χ0v) is 18.6. The van der Waals surface area contributed by atoms with Crippen molar-refractivity contribution < 1.29 is 9.30 Å². The molecule has 0 radical (unpaired) electrons. The van der Waals surface area contributed by atoms with Gasteiger partial charge in [-0.3, -0.25) is 8.75 Å². The van der Waals surface area contributed by atoms with E-state index in [1.165, 1.54) is 22.3 Å². The van der Waals surface area contributed by atoms with Crippen molar-refractivity contribution in [2.24, 2.45) is 14.1 Å². The highest BCUT2D eigenvalue weighted by molar-refractivity contribution is 7.10. The van der Waals surface area contributed by atoms with Crippen LogP contribution in [0.15, 0.2) is 53.5 Å². The van der Waals surface area contributed by atoms with Gasteiger partial charge in [-0.25, -0.2) is 4.57 Å². The molecule has 4 rings (SSSR count). The van der Waals surface area contributed by atoms with E-state index >= 15 is 0 Å². The van der Waals surface area contributed by atoms with Crippen molar-refractivity contribution in [2.75, 3.05) is 7.11 Å². The van der Waals surface area contributed by atoms with Crippen LogP contribution in [0.3, 0.4) is 0 Å². The fraction of sp³-hybridized carbons (Fsp3) is 0.304. The first-order valence-corrected chi connectivity index (χ1v) is 10.4. The van der Waals surface area contributed by atoms with E-state index in [1.54, 1.807) is 24.2 Å². The quantitative estimate of drug-likeness (QED) is 0.340. The van der Waals surface area contributed by atoms with Crippen LogP contribution < -0.4 is 14.9 Å². The van der Waals surface area contributed by atoms with Gasteiger partial charge < -0.3 is 4.74 Å². The molecule has 2 aromatic carbocycles. The highest BCUT2D eigenvalue weighted by Gasteiger charge is 2.14. The number of aromatic nitrogens is 2. The molecule has 0 spiro atoms. The van der Waals surface area contributed by atoms with Gasteiger partial charge in [-0.05, 0) is 29.8 Å². The number of nitrogens with zero attached hydrogens (tertiary/aromatic N) is 2. The van der Waals surface area contributed by atoms with Crippen molar-refractivity contribution in [3.8, 4) is 16.2 Å². The molecule has 0 fully saturated rings. The Hall–Kier alpha value is -2.66. The van der Waals surface area contributed by atoms with E-state index in [9.17, 15) is 4.79 Å². The van der Waals surface area contributed by atoms with Gasteiger partial charge in [-0.1, -0.05) is 45.3 Å². The number of rotatable bonds is 2. The molecule has 0 saturated heterocycles. The van der Waals surface area contributed by atoms with Crippen LogP contribution in [0.2, 0.25) is 0 Å². The van der Waals surface area contributed by atoms with Gasteiger partial charge in [0.1, 0.15) is 12.8 Å². The molecule has 0 N–H and O–H groups in total. The molecular weight excluding hydrogens is 368 g/mol. The molecular formula is C23H29N2O2S+. The summed E-state index contributed by atoms with van der Waals surface area (Å²) in [7, 11) is 5.51. The number of benzene rings is 2. The second-order valence-electron chi connectivity index (χ2n) is 5.86. The summed E-state index contributed by atoms with van der Waals surface area (Å²) in [6.45, 7) is 8.00. The van der Waals surface area contributed by atoms with E-state index in [1.807, 2.05) is 46.9 Å². The van der Waals surface area contributed by atoms with Gasteiger partial charge in [-0.2, -0.15) is 0 Å². The lowest BCUT2D eigenvalue weighted by molar-refractivity contribution is -0.643. The summed E-state index contributed by atoms with van der Waals surface area (Å²) in [5, 5.41) is 3.52. The third-order valence-corrected chi connectivity index (χ3v) is 5.35.